The minimum absolute atomic E-state index is 0.0472. The second kappa shape index (κ2) is 5.65. The van der Waals surface area contributed by atoms with Gasteiger partial charge in [-0.25, -0.2) is 0 Å². The maximum absolute atomic E-state index is 11.6. The zero-order valence-corrected chi connectivity index (χ0v) is 10.5. The third-order valence-corrected chi connectivity index (χ3v) is 3.40. The minimum atomic E-state index is -0.181. The Kier molecular flexibility index (Phi) is 3.96. The molecule has 1 fully saturated rings. The van der Waals surface area contributed by atoms with Crippen molar-refractivity contribution in [1.29, 1.82) is 5.26 Å². The predicted molar refractivity (Wildman–Crippen MR) is 68.8 cm³/mol. The molecule has 1 heterocycles. The van der Waals surface area contributed by atoms with Crippen LogP contribution in [0, 0.1) is 11.3 Å². The Balaban J connectivity index is 2.07. The van der Waals surface area contributed by atoms with Gasteiger partial charge in [-0.2, -0.15) is 5.26 Å². The first kappa shape index (κ1) is 12.6. The number of nitrogens with one attached hydrogen (secondary N) is 1. The molecule has 0 aliphatic carbocycles. The summed E-state index contributed by atoms with van der Waals surface area (Å²) in [6.07, 6.45) is 0. The van der Waals surface area contributed by atoms with Crippen molar-refractivity contribution >= 4 is 5.91 Å². The maximum Gasteiger partial charge on any atom is 0.237 e. The van der Waals surface area contributed by atoms with Gasteiger partial charge in [-0.15, -0.1) is 0 Å². The van der Waals surface area contributed by atoms with Crippen LogP contribution in [0.2, 0.25) is 0 Å². The number of rotatable bonds is 3. The molecule has 0 radical (unpaired) electrons. The molecule has 1 aromatic carbocycles. The molecule has 18 heavy (non-hydrogen) atoms. The molecule has 0 spiro atoms. The van der Waals surface area contributed by atoms with E-state index in [1.54, 1.807) is 0 Å². The lowest BCUT2D eigenvalue weighted by atomic mass is 9.99. The van der Waals surface area contributed by atoms with Crippen LogP contribution in [0.15, 0.2) is 30.3 Å². The fourth-order valence-corrected chi connectivity index (χ4v) is 2.22. The second-order valence-electron chi connectivity index (χ2n) is 4.55. The van der Waals surface area contributed by atoms with Gasteiger partial charge in [0.05, 0.1) is 18.0 Å². The molecule has 4 nitrogen and oxygen atoms in total. The van der Waals surface area contributed by atoms with E-state index < -0.39 is 0 Å². The molecule has 2 unspecified atom stereocenters. The van der Waals surface area contributed by atoms with Gasteiger partial charge < -0.3 is 5.32 Å². The third kappa shape index (κ3) is 2.69. The highest BCUT2D eigenvalue weighted by Crippen LogP contribution is 2.18. The molecule has 94 valence electrons. The van der Waals surface area contributed by atoms with Gasteiger partial charge in [-0.1, -0.05) is 30.3 Å². The van der Waals surface area contributed by atoms with Gasteiger partial charge in [0, 0.05) is 19.6 Å². The zero-order valence-electron chi connectivity index (χ0n) is 10.5. The Hall–Kier alpha value is -1.86. The summed E-state index contributed by atoms with van der Waals surface area (Å²) in [5.74, 6) is -0.134. The van der Waals surface area contributed by atoms with Crippen molar-refractivity contribution in [3.8, 4) is 6.07 Å². The number of amides is 1. The molecule has 0 bridgehead atoms. The number of nitrogens with zero attached hydrogens (tertiary/aromatic N) is 2. The van der Waals surface area contributed by atoms with Crippen molar-refractivity contribution < 1.29 is 4.79 Å². The highest BCUT2D eigenvalue weighted by molar-refractivity contribution is 5.82. The van der Waals surface area contributed by atoms with Gasteiger partial charge in [-0.3, -0.25) is 9.69 Å². The van der Waals surface area contributed by atoms with Gasteiger partial charge in [0.1, 0.15) is 0 Å². The lowest BCUT2D eigenvalue weighted by Crippen LogP contribution is -2.54. The fourth-order valence-electron chi connectivity index (χ4n) is 2.22. The molecule has 1 N–H and O–H groups in total. The molecule has 4 heteroatoms. The van der Waals surface area contributed by atoms with Crippen molar-refractivity contribution in [1.82, 2.24) is 10.2 Å². The Bertz CT molecular complexity index is 452. The lowest BCUT2D eigenvalue weighted by Gasteiger charge is -2.33. The molecular weight excluding hydrogens is 226 g/mol. The van der Waals surface area contributed by atoms with Gasteiger partial charge >= 0.3 is 0 Å². The number of nitriles is 1. The summed E-state index contributed by atoms with van der Waals surface area (Å²) in [4.78, 5) is 13.6. The quantitative estimate of drug-likeness (QED) is 0.865. The Morgan fingerprint density at radius 2 is 2.22 bits per heavy atom. The maximum atomic E-state index is 11.6. The van der Waals surface area contributed by atoms with Gasteiger partial charge in [0.2, 0.25) is 5.91 Å². The average molecular weight is 243 g/mol. The highest BCUT2D eigenvalue weighted by Gasteiger charge is 2.27. The van der Waals surface area contributed by atoms with E-state index >= 15 is 0 Å². The summed E-state index contributed by atoms with van der Waals surface area (Å²) in [6.45, 7) is 3.96. The lowest BCUT2D eigenvalue weighted by molar-refractivity contribution is -0.128. The predicted octanol–water partition coefficient (Wildman–Crippen LogP) is 1.11. The van der Waals surface area contributed by atoms with E-state index in [2.05, 4.69) is 16.3 Å². The van der Waals surface area contributed by atoms with Gasteiger partial charge in [-0.05, 0) is 12.5 Å². The Labute approximate surface area is 107 Å². The van der Waals surface area contributed by atoms with Crippen molar-refractivity contribution in [3.63, 3.8) is 0 Å². The van der Waals surface area contributed by atoms with Crippen molar-refractivity contribution in [2.24, 2.45) is 0 Å². The molecular formula is C14H17N3O. The summed E-state index contributed by atoms with van der Waals surface area (Å²) in [6, 6.07) is 11.9. The van der Waals surface area contributed by atoms with E-state index in [9.17, 15) is 10.1 Å². The van der Waals surface area contributed by atoms with Crippen LogP contribution in [-0.4, -0.2) is 36.5 Å². The average Bonchev–Trinajstić information content (AvgIpc) is 2.41. The monoisotopic (exact) mass is 243 g/mol. The smallest absolute Gasteiger partial charge is 0.237 e. The van der Waals surface area contributed by atoms with Crippen molar-refractivity contribution in [2.45, 2.75) is 18.9 Å². The first-order valence-electron chi connectivity index (χ1n) is 6.18. The summed E-state index contributed by atoms with van der Waals surface area (Å²) in [5.41, 5.74) is 1.01. The largest absolute Gasteiger partial charge is 0.353 e. The number of carbonyl (C=O) groups is 1. The highest BCUT2D eigenvalue weighted by atomic mass is 16.2. The summed E-state index contributed by atoms with van der Waals surface area (Å²) >= 11 is 0. The second-order valence-corrected chi connectivity index (χ2v) is 4.55. The molecule has 1 aliphatic heterocycles. The molecule has 2 atom stereocenters. The van der Waals surface area contributed by atoms with E-state index in [1.165, 1.54) is 0 Å². The minimum Gasteiger partial charge on any atom is -0.353 e. The van der Waals surface area contributed by atoms with E-state index in [0.717, 1.165) is 12.1 Å². The topological polar surface area (TPSA) is 56.1 Å². The van der Waals surface area contributed by atoms with Crippen LogP contribution in [0.1, 0.15) is 18.4 Å². The van der Waals surface area contributed by atoms with Crippen LogP contribution in [0.3, 0.4) is 0 Å². The summed E-state index contributed by atoms with van der Waals surface area (Å²) in [7, 11) is 0. The van der Waals surface area contributed by atoms with Crippen molar-refractivity contribution in [3.05, 3.63) is 35.9 Å². The summed E-state index contributed by atoms with van der Waals surface area (Å²) in [5, 5.41) is 12.1. The standard InChI is InChI=1S/C14H17N3O/c1-11-14(18)16-7-8-17(11)10-13(9-15)12-5-3-2-4-6-12/h2-6,11,13H,7-8,10H2,1H3,(H,16,18). The van der Waals surface area contributed by atoms with E-state index in [0.29, 0.717) is 13.1 Å². The van der Waals surface area contributed by atoms with Crippen LogP contribution in [0.4, 0.5) is 0 Å². The normalized spacial score (nSPS) is 22.0. The third-order valence-electron chi connectivity index (χ3n) is 3.40. The Morgan fingerprint density at radius 3 is 2.89 bits per heavy atom. The van der Waals surface area contributed by atoms with E-state index in [4.69, 9.17) is 0 Å². The molecule has 1 saturated heterocycles. The van der Waals surface area contributed by atoms with Crippen LogP contribution in [0.5, 0.6) is 0 Å². The Morgan fingerprint density at radius 1 is 1.50 bits per heavy atom. The number of hydrogen-bond donors (Lipinski definition) is 1. The van der Waals surface area contributed by atoms with Crippen molar-refractivity contribution in [2.75, 3.05) is 19.6 Å². The van der Waals surface area contributed by atoms with Crippen LogP contribution < -0.4 is 5.32 Å². The SMILES string of the molecule is CC1C(=O)NCCN1CC(C#N)c1ccccc1. The van der Waals surface area contributed by atoms with Crippen LogP contribution in [0.25, 0.3) is 0 Å². The molecule has 2 rings (SSSR count). The van der Waals surface area contributed by atoms with Crippen LogP contribution in [-0.2, 0) is 4.79 Å². The van der Waals surface area contributed by atoms with Crippen LogP contribution >= 0.6 is 0 Å². The molecule has 0 aromatic heterocycles. The summed E-state index contributed by atoms with van der Waals surface area (Å²) < 4.78 is 0. The molecule has 1 aromatic rings. The zero-order chi connectivity index (χ0) is 13.0. The van der Waals surface area contributed by atoms with Gasteiger partial charge in [0.25, 0.3) is 0 Å². The first-order valence-corrected chi connectivity index (χ1v) is 6.18. The molecule has 1 aliphatic rings. The molecule has 0 saturated carbocycles. The van der Waals surface area contributed by atoms with Gasteiger partial charge in [0.15, 0.2) is 0 Å². The number of hydrogen-bond acceptors (Lipinski definition) is 3. The number of piperazine rings is 1. The number of carbonyl (C=O) groups excluding carboxylic acids is 1. The first-order chi connectivity index (χ1) is 8.72. The van der Waals surface area contributed by atoms with E-state index in [-0.39, 0.29) is 17.9 Å². The van der Waals surface area contributed by atoms with E-state index in [1.807, 2.05) is 37.3 Å². The number of benzene rings is 1. The molecule has 1 amide bonds. The fraction of sp³-hybridized carbons (Fsp3) is 0.429.